The van der Waals surface area contributed by atoms with Gasteiger partial charge in [-0.25, -0.2) is 14.2 Å². The molecule has 6 heteroatoms. The van der Waals surface area contributed by atoms with Gasteiger partial charge in [-0.3, -0.25) is 4.57 Å². The van der Waals surface area contributed by atoms with Crippen LogP contribution in [-0.2, 0) is 10.5 Å². The number of rotatable bonds is 5. The largest absolute Gasteiger partial charge is 0.465 e. The van der Waals surface area contributed by atoms with Crippen LogP contribution in [0.5, 0.6) is 0 Å². The van der Waals surface area contributed by atoms with Crippen LogP contribution in [0, 0.1) is 5.82 Å². The van der Waals surface area contributed by atoms with Gasteiger partial charge in [-0.15, -0.1) is 0 Å². The molecule has 0 saturated heterocycles. The van der Waals surface area contributed by atoms with Crippen molar-refractivity contribution in [3.05, 3.63) is 77.9 Å². The second-order valence-corrected chi connectivity index (χ2v) is 5.98. The number of methoxy groups -OCH3 is 1. The molecule has 0 bridgehead atoms. The first-order valence-electron chi connectivity index (χ1n) is 7.27. The third kappa shape index (κ3) is 3.65. The van der Waals surface area contributed by atoms with Crippen molar-refractivity contribution in [1.82, 2.24) is 9.55 Å². The highest BCUT2D eigenvalue weighted by Gasteiger charge is 2.09. The van der Waals surface area contributed by atoms with Crippen molar-refractivity contribution < 1.29 is 13.9 Å². The van der Waals surface area contributed by atoms with E-state index < -0.39 is 0 Å². The Kier molecular flexibility index (Phi) is 4.96. The van der Waals surface area contributed by atoms with Crippen molar-refractivity contribution in [2.75, 3.05) is 7.11 Å². The van der Waals surface area contributed by atoms with Crippen LogP contribution < -0.4 is 0 Å². The van der Waals surface area contributed by atoms with E-state index in [9.17, 15) is 9.18 Å². The lowest BCUT2D eigenvalue weighted by molar-refractivity contribution is 0.0600. The van der Waals surface area contributed by atoms with Crippen molar-refractivity contribution in [2.45, 2.75) is 10.9 Å². The molecule has 0 aliphatic heterocycles. The zero-order chi connectivity index (χ0) is 16.9. The Balaban J connectivity index is 1.77. The molecule has 0 radical (unpaired) electrons. The number of imidazole rings is 1. The second kappa shape index (κ2) is 7.31. The number of carbonyl (C=O) groups excluding carboxylic acids is 1. The van der Waals surface area contributed by atoms with Gasteiger partial charge in [0.05, 0.1) is 18.4 Å². The molecule has 24 heavy (non-hydrogen) atoms. The lowest BCUT2D eigenvalue weighted by Gasteiger charge is -2.08. The van der Waals surface area contributed by atoms with E-state index in [0.717, 1.165) is 16.4 Å². The maximum atomic E-state index is 13.4. The zero-order valence-corrected chi connectivity index (χ0v) is 13.8. The molecule has 3 aromatic rings. The third-order valence-electron chi connectivity index (χ3n) is 3.41. The first-order chi connectivity index (χ1) is 11.7. The van der Waals surface area contributed by atoms with Crippen LogP contribution in [0.1, 0.15) is 15.9 Å². The van der Waals surface area contributed by atoms with E-state index in [1.165, 1.54) is 31.0 Å². The number of hydrogen-bond acceptors (Lipinski definition) is 4. The molecule has 0 aliphatic carbocycles. The van der Waals surface area contributed by atoms with E-state index in [-0.39, 0.29) is 11.8 Å². The van der Waals surface area contributed by atoms with Crippen LogP contribution in [-0.4, -0.2) is 22.6 Å². The van der Waals surface area contributed by atoms with Gasteiger partial charge in [-0.2, -0.15) is 0 Å². The zero-order valence-electron chi connectivity index (χ0n) is 13.0. The van der Waals surface area contributed by atoms with Gasteiger partial charge >= 0.3 is 5.97 Å². The van der Waals surface area contributed by atoms with Crippen LogP contribution in [0.2, 0.25) is 0 Å². The number of halogens is 1. The first-order valence-corrected chi connectivity index (χ1v) is 8.25. The topological polar surface area (TPSA) is 44.1 Å². The molecule has 0 N–H and O–H groups in total. The maximum Gasteiger partial charge on any atom is 0.337 e. The number of carbonyl (C=O) groups is 1. The molecule has 122 valence electrons. The normalized spacial score (nSPS) is 10.6. The lowest BCUT2D eigenvalue weighted by Crippen LogP contribution is -2.01. The Morgan fingerprint density at radius 3 is 2.88 bits per heavy atom. The fraction of sp³-hybridized carbons (Fsp3) is 0.111. The van der Waals surface area contributed by atoms with E-state index in [2.05, 4.69) is 4.98 Å². The highest BCUT2D eigenvalue weighted by Crippen LogP contribution is 2.24. The summed E-state index contributed by atoms with van der Waals surface area (Å²) in [5.41, 5.74) is 2.22. The Morgan fingerprint density at radius 2 is 2.08 bits per heavy atom. The summed E-state index contributed by atoms with van der Waals surface area (Å²) in [5.74, 6) is -0.0111. The average Bonchev–Trinajstić information content (AvgIpc) is 3.08. The molecule has 2 aromatic carbocycles. The Bertz CT molecular complexity index is 863. The summed E-state index contributed by atoms with van der Waals surface area (Å²) in [6, 6.07) is 13.6. The van der Waals surface area contributed by atoms with Crippen LogP contribution in [0.25, 0.3) is 5.69 Å². The minimum absolute atomic E-state index is 0.289. The SMILES string of the molecule is COC(=O)c1cccc(CSc2nccn2-c2cccc(F)c2)c1. The van der Waals surface area contributed by atoms with Gasteiger partial charge in [-0.05, 0) is 35.9 Å². The van der Waals surface area contributed by atoms with E-state index in [1.54, 1.807) is 30.6 Å². The molecular formula is C18H15FN2O2S. The summed E-state index contributed by atoms with van der Waals surface area (Å²) in [6.45, 7) is 0. The Hall–Kier alpha value is -2.60. The highest BCUT2D eigenvalue weighted by molar-refractivity contribution is 7.98. The number of thioether (sulfide) groups is 1. The van der Waals surface area contributed by atoms with E-state index in [0.29, 0.717) is 11.3 Å². The first kappa shape index (κ1) is 16.3. The van der Waals surface area contributed by atoms with Gasteiger partial charge in [0.15, 0.2) is 5.16 Å². The van der Waals surface area contributed by atoms with Gasteiger partial charge in [-0.1, -0.05) is 30.0 Å². The number of aromatic nitrogens is 2. The van der Waals surface area contributed by atoms with E-state index >= 15 is 0 Å². The van der Waals surface area contributed by atoms with Crippen molar-refractivity contribution in [1.29, 1.82) is 0 Å². The second-order valence-electron chi connectivity index (χ2n) is 5.04. The standard InChI is InChI=1S/C18H15FN2O2S/c1-23-17(22)14-5-2-4-13(10-14)12-24-18-20-8-9-21(18)16-7-3-6-15(19)11-16/h2-11H,12H2,1H3. The van der Waals surface area contributed by atoms with Crippen LogP contribution in [0.3, 0.4) is 0 Å². The molecule has 0 fully saturated rings. The van der Waals surface area contributed by atoms with Gasteiger partial charge in [0.25, 0.3) is 0 Å². The fourth-order valence-electron chi connectivity index (χ4n) is 2.27. The van der Waals surface area contributed by atoms with Crippen molar-refractivity contribution in [3.63, 3.8) is 0 Å². The molecule has 0 atom stereocenters. The smallest absolute Gasteiger partial charge is 0.337 e. The molecular weight excluding hydrogens is 327 g/mol. The Labute approximate surface area is 143 Å². The summed E-state index contributed by atoms with van der Waals surface area (Å²) in [7, 11) is 1.36. The minimum atomic E-state index is -0.358. The Morgan fingerprint density at radius 1 is 1.25 bits per heavy atom. The van der Waals surface area contributed by atoms with Gasteiger partial charge in [0.2, 0.25) is 0 Å². The van der Waals surface area contributed by atoms with E-state index in [1.807, 2.05) is 22.8 Å². The molecule has 0 saturated carbocycles. The summed E-state index contributed by atoms with van der Waals surface area (Å²) in [4.78, 5) is 15.9. The van der Waals surface area contributed by atoms with Crippen LogP contribution in [0.4, 0.5) is 4.39 Å². The average molecular weight is 342 g/mol. The molecule has 0 amide bonds. The predicted molar refractivity (Wildman–Crippen MR) is 90.9 cm³/mol. The summed E-state index contributed by atoms with van der Waals surface area (Å²) in [6.07, 6.45) is 3.47. The van der Waals surface area contributed by atoms with Gasteiger partial charge in [0, 0.05) is 18.1 Å². The van der Waals surface area contributed by atoms with Gasteiger partial charge < -0.3 is 4.74 Å². The highest BCUT2D eigenvalue weighted by atomic mass is 32.2. The molecule has 3 rings (SSSR count). The quantitative estimate of drug-likeness (QED) is 0.517. The third-order valence-corrected chi connectivity index (χ3v) is 4.45. The summed E-state index contributed by atoms with van der Waals surface area (Å²) in [5, 5.41) is 0.754. The molecule has 1 aromatic heterocycles. The summed E-state index contributed by atoms with van der Waals surface area (Å²) >= 11 is 1.51. The minimum Gasteiger partial charge on any atom is -0.465 e. The molecule has 0 unspecified atom stereocenters. The maximum absolute atomic E-state index is 13.4. The number of esters is 1. The lowest BCUT2D eigenvalue weighted by atomic mass is 10.1. The molecule has 4 nitrogen and oxygen atoms in total. The number of ether oxygens (including phenoxy) is 1. The van der Waals surface area contributed by atoms with Gasteiger partial charge in [0.1, 0.15) is 5.82 Å². The molecule has 0 aliphatic rings. The number of nitrogens with zero attached hydrogens (tertiary/aromatic N) is 2. The van der Waals surface area contributed by atoms with Crippen LogP contribution in [0.15, 0.2) is 66.1 Å². The molecule has 1 heterocycles. The van der Waals surface area contributed by atoms with Crippen LogP contribution >= 0.6 is 11.8 Å². The number of benzene rings is 2. The van der Waals surface area contributed by atoms with Crippen molar-refractivity contribution >= 4 is 17.7 Å². The van der Waals surface area contributed by atoms with Crippen molar-refractivity contribution in [3.8, 4) is 5.69 Å². The fourth-order valence-corrected chi connectivity index (χ4v) is 3.19. The monoisotopic (exact) mass is 342 g/mol. The van der Waals surface area contributed by atoms with Crippen molar-refractivity contribution in [2.24, 2.45) is 0 Å². The summed E-state index contributed by atoms with van der Waals surface area (Å²) < 4.78 is 20.0. The number of hydrogen-bond donors (Lipinski definition) is 0. The molecule has 0 spiro atoms. The predicted octanol–water partition coefficient (Wildman–Crippen LogP) is 4.09. The van der Waals surface area contributed by atoms with E-state index in [4.69, 9.17) is 4.74 Å².